The zero-order chi connectivity index (χ0) is 17.6. The molecule has 7 nitrogen and oxygen atoms in total. The number of hydrogen-bond acceptors (Lipinski definition) is 4. The summed E-state index contributed by atoms with van der Waals surface area (Å²) in [6.45, 7) is 0. The van der Waals surface area contributed by atoms with Crippen molar-refractivity contribution >= 4 is 17.7 Å². The van der Waals surface area contributed by atoms with Crippen LogP contribution in [0.5, 0.6) is 0 Å². The Morgan fingerprint density at radius 1 is 1.21 bits per heavy atom. The van der Waals surface area contributed by atoms with Crippen LogP contribution in [0.25, 0.3) is 5.69 Å². The van der Waals surface area contributed by atoms with E-state index in [4.69, 9.17) is 5.73 Å². The molecule has 2 aromatic rings. The first-order valence-electron chi connectivity index (χ1n) is 6.99. The van der Waals surface area contributed by atoms with Gasteiger partial charge in [-0.15, -0.1) is 0 Å². The molecule has 0 saturated carbocycles. The lowest BCUT2D eigenvalue weighted by atomic mass is 9.94. The normalized spacial score (nSPS) is 13.7. The van der Waals surface area contributed by atoms with Gasteiger partial charge in [0.2, 0.25) is 0 Å². The first kappa shape index (κ1) is 15.8. The van der Waals surface area contributed by atoms with Crippen LogP contribution in [0.15, 0.2) is 12.1 Å². The van der Waals surface area contributed by atoms with Gasteiger partial charge in [0.25, 0.3) is 5.91 Å². The van der Waals surface area contributed by atoms with Gasteiger partial charge in [-0.1, -0.05) is 0 Å². The summed E-state index contributed by atoms with van der Waals surface area (Å²) in [4.78, 5) is 34.4. The minimum atomic E-state index is -1.44. The Kier molecular flexibility index (Phi) is 3.63. The van der Waals surface area contributed by atoms with Gasteiger partial charge < -0.3 is 10.8 Å². The van der Waals surface area contributed by atoms with Gasteiger partial charge in [-0.25, -0.2) is 18.3 Å². The number of primary amides is 1. The van der Waals surface area contributed by atoms with Gasteiger partial charge in [-0.2, -0.15) is 5.10 Å². The van der Waals surface area contributed by atoms with Crippen molar-refractivity contribution in [2.75, 3.05) is 0 Å². The quantitative estimate of drug-likeness (QED) is 0.881. The number of aromatic nitrogens is 2. The minimum Gasteiger partial charge on any atom is -0.476 e. The minimum absolute atomic E-state index is 0.0902. The number of aromatic carboxylic acids is 1. The molecule has 0 saturated heterocycles. The third-order valence-electron chi connectivity index (χ3n) is 3.81. The van der Waals surface area contributed by atoms with Crippen LogP contribution in [0.3, 0.4) is 0 Å². The monoisotopic (exact) mass is 335 g/mol. The van der Waals surface area contributed by atoms with Gasteiger partial charge in [0.1, 0.15) is 17.3 Å². The van der Waals surface area contributed by atoms with E-state index in [2.05, 4.69) is 5.10 Å². The van der Waals surface area contributed by atoms with E-state index < -0.39 is 46.2 Å². The van der Waals surface area contributed by atoms with Crippen molar-refractivity contribution in [1.82, 2.24) is 9.78 Å². The van der Waals surface area contributed by atoms with Gasteiger partial charge in [0, 0.05) is 12.5 Å². The molecule has 1 aliphatic rings. The molecule has 0 bridgehead atoms. The summed E-state index contributed by atoms with van der Waals surface area (Å²) >= 11 is 0. The molecule has 124 valence electrons. The average Bonchev–Trinajstić information content (AvgIpc) is 2.90. The Morgan fingerprint density at radius 3 is 2.54 bits per heavy atom. The summed E-state index contributed by atoms with van der Waals surface area (Å²) in [6.07, 6.45) is 0.899. The lowest BCUT2D eigenvalue weighted by molar-refractivity contribution is 0.0684. The Labute approximate surface area is 133 Å². The number of carbonyl (C=O) groups is 3. The second-order valence-electron chi connectivity index (χ2n) is 5.31. The van der Waals surface area contributed by atoms with Crippen LogP contribution in [0.4, 0.5) is 8.78 Å². The van der Waals surface area contributed by atoms with E-state index in [1.165, 1.54) is 0 Å². The number of carboxylic acids is 1. The van der Waals surface area contributed by atoms with E-state index in [1.54, 1.807) is 0 Å². The molecule has 3 rings (SSSR count). The molecule has 0 atom stereocenters. The molecule has 9 heteroatoms. The Hall–Kier alpha value is -3.10. The first-order chi connectivity index (χ1) is 11.3. The maximum atomic E-state index is 14.3. The third kappa shape index (κ3) is 2.34. The molecule has 1 amide bonds. The highest BCUT2D eigenvalue weighted by molar-refractivity contribution is 6.06. The van der Waals surface area contributed by atoms with E-state index in [-0.39, 0.29) is 17.7 Å². The summed E-state index contributed by atoms with van der Waals surface area (Å²) in [7, 11) is 0. The number of carbonyl (C=O) groups excluding carboxylic acids is 2. The molecule has 0 fully saturated rings. The summed E-state index contributed by atoms with van der Waals surface area (Å²) in [6, 6.07) is 1.32. The molecular formula is C15H11F2N3O4. The van der Waals surface area contributed by atoms with Crippen molar-refractivity contribution in [3.8, 4) is 5.69 Å². The predicted octanol–water partition coefficient (Wildman–Crippen LogP) is 1.47. The molecule has 0 radical (unpaired) electrons. The highest BCUT2D eigenvalue weighted by atomic mass is 19.1. The van der Waals surface area contributed by atoms with Crippen LogP contribution in [-0.2, 0) is 6.42 Å². The Balaban J connectivity index is 2.26. The van der Waals surface area contributed by atoms with E-state index in [0.717, 1.165) is 4.68 Å². The van der Waals surface area contributed by atoms with Crippen molar-refractivity contribution in [3.05, 3.63) is 46.3 Å². The molecule has 1 heterocycles. The van der Waals surface area contributed by atoms with Crippen molar-refractivity contribution in [1.29, 1.82) is 0 Å². The summed E-state index contributed by atoms with van der Waals surface area (Å²) in [5, 5.41) is 13.0. The van der Waals surface area contributed by atoms with Crippen molar-refractivity contribution in [2.45, 2.75) is 19.3 Å². The van der Waals surface area contributed by atoms with Crippen LogP contribution >= 0.6 is 0 Å². The summed E-state index contributed by atoms with van der Waals surface area (Å²) in [5.74, 6) is -5.06. The summed E-state index contributed by atoms with van der Waals surface area (Å²) < 4.78 is 29.1. The number of nitrogens with two attached hydrogens (primary N) is 1. The van der Waals surface area contributed by atoms with Crippen LogP contribution in [0.1, 0.15) is 49.7 Å². The molecule has 0 aliphatic heterocycles. The van der Waals surface area contributed by atoms with Crippen LogP contribution < -0.4 is 5.73 Å². The van der Waals surface area contributed by atoms with Gasteiger partial charge >= 0.3 is 5.97 Å². The van der Waals surface area contributed by atoms with E-state index in [9.17, 15) is 28.3 Å². The lowest BCUT2D eigenvalue weighted by Gasteiger charge is -2.14. The number of rotatable bonds is 3. The zero-order valence-electron chi connectivity index (χ0n) is 12.2. The first-order valence-corrected chi connectivity index (χ1v) is 6.99. The molecule has 24 heavy (non-hydrogen) atoms. The topological polar surface area (TPSA) is 115 Å². The molecule has 0 spiro atoms. The number of halogens is 2. The highest BCUT2D eigenvalue weighted by Crippen LogP contribution is 2.29. The van der Waals surface area contributed by atoms with Crippen LogP contribution in [0, 0.1) is 11.6 Å². The molecule has 3 N–H and O–H groups in total. The maximum absolute atomic E-state index is 14.3. The molecule has 0 unspecified atom stereocenters. The number of fused-ring (bicyclic) bond motifs is 1. The Morgan fingerprint density at radius 2 is 1.92 bits per heavy atom. The number of amides is 1. The standard InChI is InChI=1S/C15H11F2N3O4/c16-7-5-10(8(17)4-6(7)14(18)22)20-9-2-1-3-11(21)12(9)13(19-20)15(23)24/h4-5H,1-3H2,(H2,18,22)(H,23,24). The lowest BCUT2D eigenvalue weighted by Crippen LogP contribution is -2.16. The summed E-state index contributed by atoms with van der Waals surface area (Å²) in [5.41, 5.74) is 3.54. The third-order valence-corrected chi connectivity index (χ3v) is 3.81. The van der Waals surface area contributed by atoms with Crippen molar-refractivity contribution in [3.63, 3.8) is 0 Å². The van der Waals surface area contributed by atoms with Crippen molar-refractivity contribution < 1.29 is 28.3 Å². The molecular weight excluding hydrogens is 324 g/mol. The zero-order valence-corrected chi connectivity index (χ0v) is 12.2. The smallest absolute Gasteiger partial charge is 0.357 e. The molecule has 1 aromatic carbocycles. The number of ketones is 1. The molecule has 1 aromatic heterocycles. The second-order valence-corrected chi connectivity index (χ2v) is 5.31. The predicted molar refractivity (Wildman–Crippen MR) is 76.2 cm³/mol. The van der Waals surface area contributed by atoms with Crippen LogP contribution in [0.2, 0.25) is 0 Å². The SMILES string of the molecule is NC(=O)c1cc(F)c(-n2nc(C(=O)O)c3c2CCCC3=O)cc1F. The fraction of sp³-hybridized carbons (Fsp3) is 0.200. The number of Topliss-reactive ketones (excluding diaryl/α,β-unsaturated/α-hetero) is 1. The maximum Gasteiger partial charge on any atom is 0.357 e. The number of hydrogen-bond donors (Lipinski definition) is 2. The average molecular weight is 335 g/mol. The molecule has 1 aliphatic carbocycles. The fourth-order valence-corrected chi connectivity index (χ4v) is 2.75. The van der Waals surface area contributed by atoms with Gasteiger partial charge in [0.05, 0.1) is 16.8 Å². The number of carboxylic acid groups (broad SMARTS) is 1. The largest absolute Gasteiger partial charge is 0.476 e. The van der Waals surface area contributed by atoms with E-state index in [0.29, 0.717) is 25.0 Å². The van der Waals surface area contributed by atoms with Gasteiger partial charge in [-0.3, -0.25) is 9.59 Å². The fourth-order valence-electron chi connectivity index (χ4n) is 2.75. The second kappa shape index (κ2) is 5.52. The highest BCUT2D eigenvalue weighted by Gasteiger charge is 2.31. The van der Waals surface area contributed by atoms with Gasteiger partial charge in [-0.05, 0) is 18.9 Å². The van der Waals surface area contributed by atoms with Crippen molar-refractivity contribution in [2.24, 2.45) is 5.73 Å². The van der Waals surface area contributed by atoms with Gasteiger partial charge in [0.15, 0.2) is 11.5 Å². The van der Waals surface area contributed by atoms with Crippen LogP contribution in [-0.4, -0.2) is 32.5 Å². The Bertz CT molecular complexity index is 905. The van der Waals surface area contributed by atoms with E-state index >= 15 is 0 Å². The number of nitrogens with zero attached hydrogens (tertiary/aromatic N) is 2. The number of benzene rings is 1. The van der Waals surface area contributed by atoms with E-state index in [1.807, 2.05) is 0 Å².